The van der Waals surface area contributed by atoms with E-state index in [1.807, 2.05) is 6.92 Å². The normalized spacial score (nSPS) is 10.8. The molecule has 0 saturated carbocycles. The Bertz CT molecular complexity index is 615. The number of phenolic OH excluding ortho intramolecular Hbond substituents is 2. The topological polar surface area (TPSA) is 40.5 Å². The molecule has 2 heteroatoms. The molecule has 0 saturated heterocycles. The third-order valence-electron chi connectivity index (χ3n) is 3.82. The van der Waals surface area contributed by atoms with Crippen molar-refractivity contribution in [3.05, 3.63) is 47.0 Å². The predicted octanol–water partition coefficient (Wildman–Crippen LogP) is 4.45. The summed E-state index contributed by atoms with van der Waals surface area (Å²) in [5.74, 6) is -0.00398. The van der Waals surface area contributed by atoms with Gasteiger partial charge < -0.3 is 10.2 Å². The van der Waals surface area contributed by atoms with Crippen molar-refractivity contribution in [2.75, 3.05) is 0 Å². The highest BCUT2D eigenvalue weighted by Gasteiger charge is 2.16. The van der Waals surface area contributed by atoms with Crippen LogP contribution in [0, 0.1) is 0 Å². The molecule has 0 unspecified atom stereocenters. The molecular formula is C18H22O2. The molecule has 2 nitrogen and oxygen atoms in total. The average Bonchev–Trinajstić information content (AvgIpc) is 2.49. The lowest BCUT2D eigenvalue weighted by molar-refractivity contribution is 0.399. The van der Waals surface area contributed by atoms with E-state index >= 15 is 0 Å². The maximum atomic E-state index is 10.1. The summed E-state index contributed by atoms with van der Waals surface area (Å²) >= 11 is 0. The van der Waals surface area contributed by atoms with Gasteiger partial charge in [0.05, 0.1) is 0 Å². The minimum absolute atomic E-state index is 0.0154. The van der Waals surface area contributed by atoms with Crippen LogP contribution < -0.4 is 0 Å². The highest BCUT2D eigenvalue weighted by atomic mass is 16.3. The van der Waals surface area contributed by atoms with Crippen LogP contribution >= 0.6 is 0 Å². The molecule has 0 aliphatic carbocycles. The van der Waals surface area contributed by atoms with Gasteiger partial charge in [-0.2, -0.15) is 0 Å². The van der Waals surface area contributed by atoms with E-state index < -0.39 is 0 Å². The predicted molar refractivity (Wildman–Crippen MR) is 83.3 cm³/mol. The van der Waals surface area contributed by atoms with Gasteiger partial charge in [-0.25, -0.2) is 0 Å². The summed E-state index contributed by atoms with van der Waals surface area (Å²) in [4.78, 5) is 0. The molecule has 2 aromatic carbocycles. The summed E-state index contributed by atoms with van der Waals surface area (Å²) in [6.45, 7) is 6.20. The van der Waals surface area contributed by atoms with Crippen molar-refractivity contribution < 1.29 is 10.2 Å². The number of rotatable bonds is 4. The highest BCUT2D eigenvalue weighted by molar-refractivity contribution is 5.76. The summed E-state index contributed by atoms with van der Waals surface area (Å²) in [5.41, 5.74) is 5.37. The SMILES string of the molecule is CCc1cccc(-c2c(CC)cc(O)c(O)c2CC)c1. The number of hydrogen-bond donors (Lipinski definition) is 2. The van der Waals surface area contributed by atoms with Crippen molar-refractivity contribution >= 4 is 0 Å². The average molecular weight is 270 g/mol. The molecule has 0 radical (unpaired) electrons. The zero-order chi connectivity index (χ0) is 14.7. The molecule has 2 rings (SSSR count). The van der Waals surface area contributed by atoms with E-state index in [-0.39, 0.29) is 11.5 Å². The third kappa shape index (κ3) is 2.51. The Balaban J connectivity index is 2.73. The quantitative estimate of drug-likeness (QED) is 0.806. The van der Waals surface area contributed by atoms with Gasteiger partial charge in [0.15, 0.2) is 11.5 Å². The second kappa shape index (κ2) is 6.00. The molecule has 0 fully saturated rings. The molecule has 0 heterocycles. The summed E-state index contributed by atoms with van der Waals surface area (Å²) in [6, 6.07) is 10.1. The Kier molecular flexibility index (Phi) is 4.33. The van der Waals surface area contributed by atoms with Crippen molar-refractivity contribution in [2.24, 2.45) is 0 Å². The highest BCUT2D eigenvalue weighted by Crippen LogP contribution is 2.40. The van der Waals surface area contributed by atoms with Crippen LogP contribution in [0.4, 0.5) is 0 Å². The number of hydrogen-bond acceptors (Lipinski definition) is 2. The second-order valence-electron chi connectivity index (χ2n) is 5.02. The molecule has 0 bridgehead atoms. The zero-order valence-corrected chi connectivity index (χ0v) is 12.4. The van der Waals surface area contributed by atoms with Crippen molar-refractivity contribution in [1.82, 2.24) is 0 Å². The fraction of sp³-hybridized carbons (Fsp3) is 0.333. The smallest absolute Gasteiger partial charge is 0.161 e. The van der Waals surface area contributed by atoms with Crippen LogP contribution in [-0.2, 0) is 19.3 Å². The van der Waals surface area contributed by atoms with Crippen LogP contribution in [0.5, 0.6) is 11.5 Å². The van der Waals surface area contributed by atoms with Crippen LogP contribution in [-0.4, -0.2) is 10.2 Å². The van der Waals surface area contributed by atoms with E-state index in [9.17, 15) is 10.2 Å². The van der Waals surface area contributed by atoms with Gasteiger partial charge >= 0.3 is 0 Å². The molecule has 0 spiro atoms. The summed E-state index contributed by atoms with van der Waals surface area (Å²) in [7, 11) is 0. The maximum Gasteiger partial charge on any atom is 0.161 e. The first kappa shape index (κ1) is 14.4. The van der Waals surface area contributed by atoms with Gasteiger partial charge in [-0.15, -0.1) is 0 Å². The first-order valence-corrected chi connectivity index (χ1v) is 7.28. The van der Waals surface area contributed by atoms with E-state index in [1.54, 1.807) is 6.07 Å². The molecule has 2 N–H and O–H groups in total. The third-order valence-corrected chi connectivity index (χ3v) is 3.82. The minimum atomic E-state index is -0.0194. The number of phenols is 2. The summed E-state index contributed by atoms with van der Waals surface area (Å²) in [5, 5.41) is 20.0. The van der Waals surface area contributed by atoms with Gasteiger partial charge in [0.1, 0.15) is 0 Å². The van der Waals surface area contributed by atoms with Gasteiger partial charge in [0.2, 0.25) is 0 Å². The van der Waals surface area contributed by atoms with Crippen LogP contribution in [0.15, 0.2) is 30.3 Å². The van der Waals surface area contributed by atoms with Gasteiger partial charge in [0.25, 0.3) is 0 Å². The first-order valence-electron chi connectivity index (χ1n) is 7.28. The molecule has 0 aliphatic rings. The van der Waals surface area contributed by atoms with Crippen molar-refractivity contribution in [1.29, 1.82) is 0 Å². The lowest BCUT2D eigenvalue weighted by Crippen LogP contribution is -1.96. The Labute approximate surface area is 120 Å². The van der Waals surface area contributed by atoms with Crippen LogP contribution in [0.1, 0.15) is 37.5 Å². The van der Waals surface area contributed by atoms with Crippen LogP contribution in [0.25, 0.3) is 11.1 Å². The van der Waals surface area contributed by atoms with Gasteiger partial charge in [0, 0.05) is 5.56 Å². The summed E-state index contributed by atoms with van der Waals surface area (Å²) < 4.78 is 0. The minimum Gasteiger partial charge on any atom is -0.504 e. The molecule has 0 atom stereocenters. The van der Waals surface area contributed by atoms with Gasteiger partial charge in [-0.3, -0.25) is 0 Å². The van der Waals surface area contributed by atoms with E-state index in [0.29, 0.717) is 6.42 Å². The lowest BCUT2D eigenvalue weighted by Gasteiger charge is -2.17. The standard InChI is InChI=1S/C18H22O2/c1-4-12-8-7-9-14(10-12)17-13(5-2)11-16(19)18(20)15(17)6-3/h7-11,19-20H,4-6H2,1-3H3. The zero-order valence-electron chi connectivity index (χ0n) is 12.4. The van der Waals surface area contributed by atoms with E-state index in [0.717, 1.165) is 35.1 Å². The molecule has 0 aromatic heterocycles. The first-order chi connectivity index (χ1) is 9.62. The molecule has 20 heavy (non-hydrogen) atoms. The molecular weight excluding hydrogens is 248 g/mol. The van der Waals surface area contributed by atoms with Crippen LogP contribution in [0.2, 0.25) is 0 Å². The second-order valence-corrected chi connectivity index (χ2v) is 5.02. The molecule has 2 aromatic rings. The fourth-order valence-electron chi connectivity index (χ4n) is 2.70. The monoisotopic (exact) mass is 270 g/mol. The maximum absolute atomic E-state index is 10.1. The molecule has 0 aliphatic heterocycles. The Morgan fingerprint density at radius 1 is 0.900 bits per heavy atom. The Morgan fingerprint density at radius 3 is 2.25 bits per heavy atom. The number of benzene rings is 2. The van der Waals surface area contributed by atoms with E-state index in [2.05, 4.69) is 38.1 Å². The lowest BCUT2D eigenvalue weighted by atomic mass is 9.89. The number of aryl methyl sites for hydroxylation is 2. The van der Waals surface area contributed by atoms with Gasteiger partial charge in [-0.05, 0) is 47.6 Å². The summed E-state index contributed by atoms with van der Waals surface area (Å²) in [6.07, 6.45) is 2.51. The van der Waals surface area contributed by atoms with E-state index in [1.165, 1.54) is 5.56 Å². The Hall–Kier alpha value is -1.96. The van der Waals surface area contributed by atoms with Gasteiger partial charge in [-0.1, -0.05) is 45.0 Å². The van der Waals surface area contributed by atoms with Crippen molar-refractivity contribution in [3.8, 4) is 22.6 Å². The molecule has 106 valence electrons. The van der Waals surface area contributed by atoms with Crippen LogP contribution in [0.3, 0.4) is 0 Å². The van der Waals surface area contributed by atoms with Crippen molar-refractivity contribution in [3.63, 3.8) is 0 Å². The van der Waals surface area contributed by atoms with E-state index in [4.69, 9.17) is 0 Å². The number of aromatic hydroxyl groups is 2. The Morgan fingerprint density at radius 2 is 1.65 bits per heavy atom. The largest absolute Gasteiger partial charge is 0.504 e. The van der Waals surface area contributed by atoms with Crippen molar-refractivity contribution in [2.45, 2.75) is 40.0 Å². The fourth-order valence-corrected chi connectivity index (χ4v) is 2.70. The molecule has 0 amide bonds.